The highest BCUT2D eigenvalue weighted by Gasteiger charge is 2.30. The molecule has 0 bridgehead atoms. The Morgan fingerprint density at radius 1 is 1.33 bits per heavy atom. The molecule has 0 fully saturated rings. The summed E-state index contributed by atoms with van der Waals surface area (Å²) in [6.45, 7) is 5.99. The van der Waals surface area contributed by atoms with Gasteiger partial charge in [0.2, 0.25) is 0 Å². The van der Waals surface area contributed by atoms with Crippen LogP contribution < -0.4 is 0 Å². The monoisotopic (exact) mass is 395 g/mol. The Labute approximate surface area is 148 Å². The molecule has 1 aromatic carbocycles. The number of carbonyl (C=O) groups excluding carboxylic acids is 1. The van der Waals surface area contributed by atoms with E-state index < -0.39 is 11.7 Å². The van der Waals surface area contributed by atoms with Gasteiger partial charge in [-0.05, 0) is 54.4 Å². The summed E-state index contributed by atoms with van der Waals surface area (Å²) in [5.41, 5.74) is 1.44. The first-order valence-corrected chi connectivity index (χ1v) is 8.42. The van der Waals surface area contributed by atoms with Crippen molar-refractivity contribution in [2.24, 2.45) is 7.05 Å². The summed E-state index contributed by atoms with van der Waals surface area (Å²) in [7, 11) is 1.85. The number of carbonyl (C=O) groups is 1. The zero-order valence-corrected chi connectivity index (χ0v) is 15.6. The molecule has 0 atom stereocenters. The van der Waals surface area contributed by atoms with E-state index in [-0.39, 0.29) is 12.4 Å². The largest absolute Gasteiger partial charge is 0.444 e. The number of ether oxygens (including phenoxy) is 1. The van der Waals surface area contributed by atoms with Crippen LogP contribution in [0.25, 0.3) is 11.4 Å². The summed E-state index contributed by atoms with van der Waals surface area (Å²) in [4.78, 5) is 18.0. The maximum atomic E-state index is 14.5. The van der Waals surface area contributed by atoms with Crippen LogP contribution in [0.3, 0.4) is 0 Å². The Balaban J connectivity index is 1.89. The molecule has 5 nitrogen and oxygen atoms in total. The van der Waals surface area contributed by atoms with Gasteiger partial charge in [-0.25, -0.2) is 14.2 Å². The van der Waals surface area contributed by atoms with Crippen LogP contribution in [0.4, 0.5) is 9.18 Å². The summed E-state index contributed by atoms with van der Waals surface area (Å²) in [6, 6.07) is 3.35. The van der Waals surface area contributed by atoms with Crippen molar-refractivity contribution in [2.45, 2.75) is 39.5 Å². The third kappa shape index (κ3) is 3.17. The van der Waals surface area contributed by atoms with Gasteiger partial charge in [-0.3, -0.25) is 4.90 Å². The molecule has 0 unspecified atom stereocenters. The standard InChI is InChI=1S/C17H19BrFN3O2/c1-17(2,3)24-16(23)22-8-11-5-10(6-13(19)12(11)9-22)15-20-7-14(18)21(15)4/h5-7H,8-9H2,1-4H3. The van der Waals surface area contributed by atoms with E-state index in [2.05, 4.69) is 20.9 Å². The van der Waals surface area contributed by atoms with Gasteiger partial charge >= 0.3 is 6.09 Å². The second-order valence-electron chi connectivity index (χ2n) is 6.90. The summed E-state index contributed by atoms with van der Waals surface area (Å²) < 4.78 is 22.5. The van der Waals surface area contributed by atoms with E-state index in [1.54, 1.807) is 6.20 Å². The highest BCUT2D eigenvalue weighted by atomic mass is 79.9. The van der Waals surface area contributed by atoms with Gasteiger partial charge < -0.3 is 9.30 Å². The van der Waals surface area contributed by atoms with Gasteiger partial charge in [0.25, 0.3) is 0 Å². The lowest BCUT2D eigenvalue weighted by molar-refractivity contribution is 0.0241. The van der Waals surface area contributed by atoms with Crippen LogP contribution >= 0.6 is 15.9 Å². The van der Waals surface area contributed by atoms with E-state index in [0.29, 0.717) is 23.5 Å². The molecule has 1 aliphatic heterocycles. The van der Waals surface area contributed by atoms with Crippen molar-refractivity contribution in [2.75, 3.05) is 0 Å². The van der Waals surface area contributed by atoms with Crippen molar-refractivity contribution >= 4 is 22.0 Å². The molecule has 3 rings (SSSR count). The molecule has 1 amide bonds. The molecule has 0 saturated carbocycles. The smallest absolute Gasteiger partial charge is 0.410 e. The normalized spacial score (nSPS) is 14.0. The molecule has 128 valence electrons. The summed E-state index contributed by atoms with van der Waals surface area (Å²) in [6.07, 6.45) is 1.24. The average Bonchev–Trinajstić information content (AvgIpc) is 3.02. The number of nitrogens with zero attached hydrogens (tertiary/aromatic N) is 3. The number of hydrogen-bond acceptors (Lipinski definition) is 3. The highest BCUT2D eigenvalue weighted by molar-refractivity contribution is 9.10. The zero-order valence-electron chi connectivity index (χ0n) is 14.1. The number of aromatic nitrogens is 2. The van der Waals surface area contributed by atoms with Crippen molar-refractivity contribution in [3.05, 3.63) is 39.9 Å². The molecule has 2 aromatic rings. The fourth-order valence-corrected chi connectivity index (χ4v) is 2.98. The van der Waals surface area contributed by atoms with E-state index in [4.69, 9.17) is 4.74 Å². The van der Waals surface area contributed by atoms with Gasteiger partial charge in [0.15, 0.2) is 0 Å². The van der Waals surface area contributed by atoms with Gasteiger partial charge in [-0.15, -0.1) is 0 Å². The van der Waals surface area contributed by atoms with Crippen molar-refractivity contribution in [3.63, 3.8) is 0 Å². The number of imidazole rings is 1. The molecular formula is C17H19BrFN3O2. The first kappa shape index (κ1) is 17.0. The zero-order chi connectivity index (χ0) is 17.6. The first-order valence-electron chi connectivity index (χ1n) is 7.62. The predicted molar refractivity (Wildman–Crippen MR) is 91.8 cm³/mol. The minimum Gasteiger partial charge on any atom is -0.444 e. The van der Waals surface area contributed by atoms with E-state index in [9.17, 15) is 9.18 Å². The second kappa shape index (κ2) is 5.88. The lowest BCUT2D eigenvalue weighted by Crippen LogP contribution is -2.33. The second-order valence-corrected chi connectivity index (χ2v) is 7.71. The predicted octanol–water partition coefficient (Wildman–Crippen LogP) is 4.24. The lowest BCUT2D eigenvalue weighted by atomic mass is 10.1. The molecule has 0 N–H and O–H groups in total. The fraction of sp³-hybridized carbons (Fsp3) is 0.412. The van der Waals surface area contributed by atoms with Crippen LogP contribution in [0.1, 0.15) is 31.9 Å². The maximum absolute atomic E-state index is 14.5. The Hall–Kier alpha value is -1.89. The van der Waals surface area contributed by atoms with Gasteiger partial charge in [-0.2, -0.15) is 0 Å². The summed E-state index contributed by atoms with van der Waals surface area (Å²) in [5.74, 6) is 0.340. The number of amides is 1. The third-order valence-electron chi connectivity index (χ3n) is 3.84. The molecule has 0 saturated heterocycles. The van der Waals surface area contributed by atoms with E-state index in [0.717, 1.165) is 10.2 Å². The summed E-state index contributed by atoms with van der Waals surface area (Å²) >= 11 is 3.39. The molecule has 1 aliphatic rings. The van der Waals surface area contributed by atoms with Gasteiger partial charge in [0.05, 0.1) is 12.7 Å². The SMILES string of the molecule is Cn1c(Br)cnc1-c1cc(F)c2c(c1)CN(C(=O)OC(C)(C)C)C2. The Morgan fingerprint density at radius 2 is 2.04 bits per heavy atom. The summed E-state index contributed by atoms with van der Waals surface area (Å²) in [5, 5.41) is 0. The van der Waals surface area contributed by atoms with Crippen LogP contribution in [0, 0.1) is 5.82 Å². The Kier molecular flexibility index (Phi) is 4.15. The Morgan fingerprint density at radius 3 is 2.62 bits per heavy atom. The van der Waals surface area contributed by atoms with Crippen molar-refractivity contribution in [3.8, 4) is 11.4 Å². The lowest BCUT2D eigenvalue weighted by Gasteiger charge is -2.24. The Bertz CT molecular complexity index is 811. The van der Waals surface area contributed by atoms with Crippen LogP contribution in [0.15, 0.2) is 22.9 Å². The van der Waals surface area contributed by atoms with Gasteiger partial charge in [0.1, 0.15) is 21.8 Å². The molecule has 0 radical (unpaired) electrons. The minimum atomic E-state index is -0.575. The van der Waals surface area contributed by atoms with E-state index >= 15 is 0 Å². The van der Waals surface area contributed by atoms with Crippen molar-refractivity contribution in [1.82, 2.24) is 14.5 Å². The highest BCUT2D eigenvalue weighted by Crippen LogP contribution is 2.32. The molecule has 24 heavy (non-hydrogen) atoms. The fourth-order valence-electron chi connectivity index (χ4n) is 2.71. The molecule has 7 heteroatoms. The number of fused-ring (bicyclic) bond motifs is 1. The topological polar surface area (TPSA) is 47.4 Å². The molecule has 0 spiro atoms. The number of benzene rings is 1. The van der Waals surface area contributed by atoms with Crippen molar-refractivity contribution < 1.29 is 13.9 Å². The van der Waals surface area contributed by atoms with Gasteiger partial charge in [0, 0.05) is 24.7 Å². The number of rotatable bonds is 1. The van der Waals surface area contributed by atoms with E-state index in [1.165, 1.54) is 11.0 Å². The first-order chi connectivity index (χ1) is 11.2. The van der Waals surface area contributed by atoms with Gasteiger partial charge in [-0.1, -0.05) is 0 Å². The maximum Gasteiger partial charge on any atom is 0.410 e. The van der Waals surface area contributed by atoms with Crippen LogP contribution in [-0.2, 0) is 24.9 Å². The molecule has 1 aromatic heterocycles. The molecule has 0 aliphatic carbocycles. The van der Waals surface area contributed by atoms with Crippen molar-refractivity contribution in [1.29, 1.82) is 0 Å². The third-order valence-corrected chi connectivity index (χ3v) is 4.58. The number of hydrogen-bond donors (Lipinski definition) is 0. The average molecular weight is 396 g/mol. The van der Waals surface area contributed by atoms with E-state index in [1.807, 2.05) is 38.5 Å². The molecule has 2 heterocycles. The van der Waals surface area contributed by atoms with Crippen LogP contribution in [0.2, 0.25) is 0 Å². The quantitative estimate of drug-likeness (QED) is 0.725. The molecular weight excluding hydrogens is 377 g/mol. The minimum absolute atomic E-state index is 0.223. The van der Waals surface area contributed by atoms with Crippen LogP contribution in [-0.4, -0.2) is 26.1 Å². The van der Waals surface area contributed by atoms with Crippen LogP contribution in [0.5, 0.6) is 0 Å². The number of halogens is 2.